The van der Waals surface area contributed by atoms with Crippen molar-refractivity contribution < 1.29 is 0 Å². The summed E-state index contributed by atoms with van der Waals surface area (Å²) in [6.45, 7) is 2.33. The van der Waals surface area contributed by atoms with Crippen molar-refractivity contribution in [1.29, 1.82) is 0 Å². The van der Waals surface area contributed by atoms with Crippen LogP contribution in [0.1, 0.15) is 71.1 Å². The summed E-state index contributed by atoms with van der Waals surface area (Å²) in [6.07, 6.45) is 15.3. The van der Waals surface area contributed by atoms with Gasteiger partial charge < -0.3 is 0 Å². The van der Waals surface area contributed by atoms with Gasteiger partial charge in [-0.1, -0.05) is 64.7 Å². The Hall–Kier alpha value is 0. The third kappa shape index (κ3) is 2.32. The molecule has 82 valence electrons. The van der Waals surface area contributed by atoms with Crippen molar-refractivity contribution in [2.24, 2.45) is 17.8 Å². The Balaban J connectivity index is 1.82. The molecule has 0 heterocycles. The molecule has 0 nitrogen and oxygen atoms in total. The largest absolute Gasteiger partial charge is 0.0654 e. The lowest BCUT2D eigenvalue weighted by molar-refractivity contribution is 0.249. The van der Waals surface area contributed by atoms with Gasteiger partial charge in [-0.15, -0.1) is 0 Å². The first-order valence-electron chi connectivity index (χ1n) is 6.92. The first-order chi connectivity index (χ1) is 6.92. The summed E-state index contributed by atoms with van der Waals surface area (Å²) < 4.78 is 0. The summed E-state index contributed by atoms with van der Waals surface area (Å²) in [7, 11) is 0. The van der Waals surface area contributed by atoms with Crippen LogP contribution in [0.5, 0.6) is 0 Å². The summed E-state index contributed by atoms with van der Waals surface area (Å²) in [5.41, 5.74) is 0. The van der Waals surface area contributed by atoms with Gasteiger partial charge in [-0.05, 0) is 24.2 Å². The maximum absolute atomic E-state index is 2.33. The Morgan fingerprint density at radius 2 is 1.71 bits per heavy atom. The molecule has 0 radical (unpaired) electrons. The summed E-state index contributed by atoms with van der Waals surface area (Å²) >= 11 is 0. The molecule has 2 saturated carbocycles. The van der Waals surface area contributed by atoms with Gasteiger partial charge in [-0.3, -0.25) is 0 Å². The van der Waals surface area contributed by atoms with Crippen molar-refractivity contribution >= 4 is 0 Å². The fourth-order valence-electron chi connectivity index (χ4n) is 3.90. The maximum Gasteiger partial charge on any atom is -0.0357 e. The first kappa shape index (κ1) is 10.5. The lowest BCUT2D eigenvalue weighted by Gasteiger charge is -2.25. The van der Waals surface area contributed by atoms with Crippen LogP contribution in [0.2, 0.25) is 0 Å². The van der Waals surface area contributed by atoms with Gasteiger partial charge in [0, 0.05) is 0 Å². The molecular weight excluding hydrogens is 168 g/mol. The lowest BCUT2D eigenvalue weighted by atomic mass is 9.80. The molecule has 0 amide bonds. The van der Waals surface area contributed by atoms with Crippen LogP contribution in [-0.4, -0.2) is 0 Å². The zero-order valence-electron chi connectivity index (χ0n) is 9.80. The fraction of sp³-hybridized carbons (Fsp3) is 1.00. The molecule has 0 aromatic carbocycles. The molecule has 0 bridgehead atoms. The highest BCUT2D eigenvalue weighted by Gasteiger charge is 2.34. The minimum Gasteiger partial charge on any atom is -0.0654 e. The van der Waals surface area contributed by atoms with E-state index < -0.39 is 0 Å². The maximum atomic E-state index is 2.33. The molecule has 2 aliphatic rings. The van der Waals surface area contributed by atoms with E-state index in [1.807, 2.05) is 0 Å². The number of hydrogen-bond donors (Lipinski definition) is 0. The van der Waals surface area contributed by atoms with Gasteiger partial charge in [0.05, 0.1) is 0 Å². The second kappa shape index (κ2) is 5.19. The molecule has 0 heteroatoms. The standard InChI is InChI=1S/C14H26/c1-2-3-7-12-10-6-11-14(12)13-8-4-5-9-13/h12-14H,2-11H2,1H3. The lowest BCUT2D eigenvalue weighted by Crippen LogP contribution is -2.16. The molecule has 0 aromatic heterocycles. The molecule has 14 heavy (non-hydrogen) atoms. The highest BCUT2D eigenvalue weighted by Crippen LogP contribution is 2.45. The summed E-state index contributed by atoms with van der Waals surface area (Å²) in [5, 5.41) is 0. The zero-order chi connectivity index (χ0) is 9.80. The Morgan fingerprint density at radius 3 is 2.43 bits per heavy atom. The Kier molecular flexibility index (Phi) is 3.89. The predicted molar refractivity (Wildman–Crippen MR) is 62.3 cm³/mol. The molecule has 2 rings (SSSR count). The Labute approximate surface area is 89.5 Å². The molecule has 0 aliphatic heterocycles. The quantitative estimate of drug-likeness (QED) is 0.604. The highest BCUT2D eigenvalue weighted by molar-refractivity contribution is 4.85. The van der Waals surface area contributed by atoms with Crippen molar-refractivity contribution in [3.8, 4) is 0 Å². The van der Waals surface area contributed by atoms with E-state index in [9.17, 15) is 0 Å². The van der Waals surface area contributed by atoms with Crippen LogP contribution in [0.4, 0.5) is 0 Å². The minimum absolute atomic E-state index is 1.12. The van der Waals surface area contributed by atoms with Crippen molar-refractivity contribution in [2.45, 2.75) is 71.1 Å². The average molecular weight is 194 g/mol. The van der Waals surface area contributed by atoms with Gasteiger partial charge in [0.1, 0.15) is 0 Å². The Bertz CT molecular complexity index is 155. The number of hydrogen-bond acceptors (Lipinski definition) is 0. The molecule has 2 unspecified atom stereocenters. The van der Waals surface area contributed by atoms with E-state index >= 15 is 0 Å². The SMILES string of the molecule is CCCCC1CCCC1C1CCCC1. The second-order valence-corrected chi connectivity index (χ2v) is 5.54. The zero-order valence-corrected chi connectivity index (χ0v) is 9.80. The second-order valence-electron chi connectivity index (χ2n) is 5.54. The molecule has 0 aromatic rings. The van der Waals surface area contributed by atoms with Gasteiger partial charge in [0.2, 0.25) is 0 Å². The van der Waals surface area contributed by atoms with Gasteiger partial charge in [0.25, 0.3) is 0 Å². The summed E-state index contributed by atoms with van der Waals surface area (Å²) in [5.74, 6) is 3.40. The number of unbranched alkanes of at least 4 members (excludes halogenated alkanes) is 1. The topological polar surface area (TPSA) is 0 Å². The van der Waals surface area contributed by atoms with E-state index in [-0.39, 0.29) is 0 Å². The van der Waals surface area contributed by atoms with Crippen molar-refractivity contribution in [2.75, 3.05) is 0 Å². The number of rotatable bonds is 4. The van der Waals surface area contributed by atoms with Crippen molar-refractivity contribution in [3.05, 3.63) is 0 Å². The smallest absolute Gasteiger partial charge is 0.0357 e. The highest BCUT2D eigenvalue weighted by atomic mass is 14.4. The van der Waals surface area contributed by atoms with Crippen LogP contribution in [-0.2, 0) is 0 Å². The van der Waals surface area contributed by atoms with E-state index in [1.165, 1.54) is 38.5 Å². The van der Waals surface area contributed by atoms with Crippen LogP contribution >= 0.6 is 0 Å². The van der Waals surface area contributed by atoms with E-state index in [0.717, 1.165) is 17.8 Å². The summed E-state index contributed by atoms with van der Waals surface area (Å²) in [4.78, 5) is 0. The predicted octanol–water partition coefficient (Wildman–Crippen LogP) is 4.78. The normalized spacial score (nSPS) is 34.1. The molecular formula is C14H26. The molecule has 2 aliphatic carbocycles. The van der Waals surface area contributed by atoms with E-state index in [4.69, 9.17) is 0 Å². The fourth-order valence-corrected chi connectivity index (χ4v) is 3.90. The van der Waals surface area contributed by atoms with Gasteiger partial charge in [-0.25, -0.2) is 0 Å². The molecule has 0 N–H and O–H groups in total. The van der Waals surface area contributed by atoms with Gasteiger partial charge in [0.15, 0.2) is 0 Å². The van der Waals surface area contributed by atoms with E-state index in [1.54, 1.807) is 25.7 Å². The first-order valence-corrected chi connectivity index (χ1v) is 6.92. The van der Waals surface area contributed by atoms with Crippen LogP contribution < -0.4 is 0 Å². The summed E-state index contributed by atoms with van der Waals surface area (Å²) in [6, 6.07) is 0. The van der Waals surface area contributed by atoms with Gasteiger partial charge >= 0.3 is 0 Å². The molecule has 2 atom stereocenters. The minimum atomic E-state index is 1.12. The third-order valence-electron chi connectivity index (χ3n) is 4.65. The monoisotopic (exact) mass is 194 g/mol. The van der Waals surface area contributed by atoms with E-state index in [2.05, 4.69) is 6.92 Å². The molecule has 0 saturated heterocycles. The van der Waals surface area contributed by atoms with Crippen LogP contribution in [0.3, 0.4) is 0 Å². The average Bonchev–Trinajstić information content (AvgIpc) is 2.84. The van der Waals surface area contributed by atoms with Crippen LogP contribution in [0.25, 0.3) is 0 Å². The van der Waals surface area contributed by atoms with Crippen LogP contribution in [0.15, 0.2) is 0 Å². The Morgan fingerprint density at radius 1 is 0.929 bits per heavy atom. The van der Waals surface area contributed by atoms with Crippen LogP contribution in [0, 0.1) is 17.8 Å². The molecule has 2 fully saturated rings. The van der Waals surface area contributed by atoms with Gasteiger partial charge in [-0.2, -0.15) is 0 Å². The van der Waals surface area contributed by atoms with Crippen molar-refractivity contribution in [1.82, 2.24) is 0 Å². The molecule has 0 spiro atoms. The van der Waals surface area contributed by atoms with E-state index in [0.29, 0.717) is 0 Å². The third-order valence-corrected chi connectivity index (χ3v) is 4.65. The van der Waals surface area contributed by atoms with Crippen molar-refractivity contribution in [3.63, 3.8) is 0 Å².